The second-order valence-electron chi connectivity index (χ2n) is 11.2. The fourth-order valence-corrected chi connectivity index (χ4v) is 5.74. The van der Waals surface area contributed by atoms with Gasteiger partial charge in [0.05, 0.1) is 18.4 Å². The highest BCUT2D eigenvalue weighted by Crippen LogP contribution is 2.57. The lowest BCUT2D eigenvalue weighted by molar-refractivity contribution is -0.0152. The first-order valence-corrected chi connectivity index (χ1v) is 13.2. The van der Waals surface area contributed by atoms with Gasteiger partial charge in [-0.2, -0.15) is 8.78 Å². The Morgan fingerprint density at radius 3 is 2.32 bits per heavy atom. The van der Waals surface area contributed by atoms with E-state index in [-0.39, 0.29) is 22.7 Å². The van der Waals surface area contributed by atoms with Crippen LogP contribution in [0.15, 0.2) is 59.1 Å². The van der Waals surface area contributed by atoms with Gasteiger partial charge in [0.1, 0.15) is 5.75 Å². The van der Waals surface area contributed by atoms with E-state index in [1.54, 1.807) is 0 Å². The summed E-state index contributed by atoms with van der Waals surface area (Å²) < 4.78 is 43.6. The Balaban J connectivity index is 1.15. The summed E-state index contributed by atoms with van der Waals surface area (Å²) in [4.78, 5) is 12.7. The Morgan fingerprint density at radius 1 is 1.03 bits per heavy atom. The second-order valence-corrected chi connectivity index (χ2v) is 11.2. The van der Waals surface area contributed by atoms with E-state index < -0.39 is 12.0 Å². The van der Waals surface area contributed by atoms with Crippen molar-refractivity contribution in [1.29, 1.82) is 0 Å². The molecule has 8 heteroatoms. The van der Waals surface area contributed by atoms with E-state index in [0.717, 1.165) is 62.3 Å². The molecule has 0 aliphatic heterocycles. The maximum absolute atomic E-state index is 13.6. The molecule has 6 nitrogen and oxygen atoms in total. The molecule has 3 aromatic rings. The number of aromatic nitrogens is 1. The smallest absolute Gasteiger partial charge is 0.411 e. The third-order valence-corrected chi connectivity index (χ3v) is 8.07. The molecule has 3 aliphatic carbocycles. The van der Waals surface area contributed by atoms with Gasteiger partial charge in [-0.25, -0.2) is 4.79 Å². The standard InChI is InChI=1S/C30H34F2N2O4/c1-20(2)37-24-9-7-21(8-10-24)22-5-4-6-23(17-22)33-27(35)36-19-29-11-14-30(15-12-29,16-13-29)25-18-26(38-34-25)28(3,31)32/h4-10,17-18,20H,11-16,19H2,1-3H3,(H,33,35). The van der Waals surface area contributed by atoms with Crippen molar-refractivity contribution in [3.63, 3.8) is 0 Å². The maximum atomic E-state index is 13.6. The number of hydrogen-bond donors (Lipinski definition) is 1. The number of carbonyl (C=O) groups excluding carboxylic acids is 1. The Hall–Kier alpha value is -3.42. The van der Waals surface area contributed by atoms with E-state index in [0.29, 0.717) is 18.0 Å². The van der Waals surface area contributed by atoms with Crippen molar-refractivity contribution in [2.45, 2.75) is 76.7 Å². The van der Waals surface area contributed by atoms with Crippen molar-refractivity contribution in [2.24, 2.45) is 5.41 Å². The monoisotopic (exact) mass is 524 g/mol. The largest absolute Gasteiger partial charge is 0.491 e. The Labute approximate surface area is 221 Å². The Bertz CT molecular complexity index is 1260. The van der Waals surface area contributed by atoms with Crippen molar-refractivity contribution in [3.05, 3.63) is 66.1 Å². The van der Waals surface area contributed by atoms with Crippen molar-refractivity contribution < 1.29 is 27.6 Å². The summed E-state index contributed by atoms with van der Waals surface area (Å²) in [7, 11) is 0. The van der Waals surface area contributed by atoms with Gasteiger partial charge >= 0.3 is 12.0 Å². The minimum Gasteiger partial charge on any atom is -0.491 e. The van der Waals surface area contributed by atoms with Gasteiger partial charge in [-0.3, -0.25) is 5.32 Å². The van der Waals surface area contributed by atoms with Crippen LogP contribution in [-0.4, -0.2) is 24.0 Å². The number of amides is 1. The lowest BCUT2D eigenvalue weighted by Gasteiger charge is -2.52. The number of nitrogens with one attached hydrogen (secondary N) is 1. The van der Waals surface area contributed by atoms with Crippen LogP contribution in [0.4, 0.5) is 19.3 Å². The zero-order chi connectivity index (χ0) is 27.0. The zero-order valence-corrected chi connectivity index (χ0v) is 22.1. The molecule has 3 aliphatic rings. The maximum Gasteiger partial charge on any atom is 0.411 e. The highest BCUT2D eigenvalue weighted by atomic mass is 19.3. The molecule has 0 atom stereocenters. The van der Waals surface area contributed by atoms with Crippen LogP contribution in [0.25, 0.3) is 11.1 Å². The van der Waals surface area contributed by atoms with Gasteiger partial charge in [0.15, 0.2) is 0 Å². The number of anilines is 1. The second kappa shape index (κ2) is 10.0. The first-order valence-electron chi connectivity index (χ1n) is 13.2. The SMILES string of the molecule is CC(C)Oc1ccc(-c2cccc(NC(=O)OCC34CCC(c5cc(C(C)(F)F)on5)(CC3)CC4)c2)cc1. The number of alkyl halides is 2. The molecular weight excluding hydrogens is 490 g/mol. The van der Waals surface area contributed by atoms with E-state index in [9.17, 15) is 13.6 Å². The predicted octanol–water partition coefficient (Wildman–Crippen LogP) is 8.08. The van der Waals surface area contributed by atoms with E-state index in [1.165, 1.54) is 6.07 Å². The fourth-order valence-electron chi connectivity index (χ4n) is 5.74. The highest BCUT2D eigenvalue weighted by molar-refractivity contribution is 5.86. The molecule has 0 saturated heterocycles. The van der Waals surface area contributed by atoms with Gasteiger partial charge in [0, 0.05) is 29.5 Å². The van der Waals surface area contributed by atoms with Crippen molar-refractivity contribution in [3.8, 4) is 16.9 Å². The van der Waals surface area contributed by atoms with Crippen LogP contribution in [0.1, 0.15) is 70.8 Å². The van der Waals surface area contributed by atoms with Crippen LogP contribution in [0.3, 0.4) is 0 Å². The van der Waals surface area contributed by atoms with Crippen LogP contribution in [0, 0.1) is 5.41 Å². The molecule has 1 heterocycles. The van der Waals surface area contributed by atoms with Crippen LogP contribution >= 0.6 is 0 Å². The zero-order valence-electron chi connectivity index (χ0n) is 22.1. The predicted molar refractivity (Wildman–Crippen MR) is 140 cm³/mol. The molecule has 1 N–H and O–H groups in total. The molecule has 38 heavy (non-hydrogen) atoms. The Kier molecular flexibility index (Phi) is 6.92. The third-order valence-electron chi connectivity index (χ3n) is 8.07. The first kappa shape index (κ1) is 26.2. The van der Waals surface area contributed by atoms with Crippen LogP contribution in [0.5, 0.6) is 5.75 Å². The lowest BCUT2D eigenvalue weighted by Crippen LogP contribution is -2.46. The minimum absolute atomic E-state index is 0.0813. The molecule has 0 spiro atoms. The highest BCUT2D eigenvalue weighted by Gasteiger charge is 2.51. The molecule has 3 saturated carbocycles. The number of rotatable bonds is 8. The summed E-state index contributed by atoms with van der Waals surface area (Å²) in [5.74, 6) is -2.61. The van der Waals surface area contributed by atoms with E-state index >= 15 is 0 Å². The lowest BCUT2D eigenvalue weighted by atomic mass is 9.53. The van der Waals surface area contributed by atoms with Gasteiger partial charge in [0.25, 0.3) is 0 Å². The Morgan fingerprint density at radius 2 is 1.71 bits per heavy atom. The van der Waals surface area contributed by atoms with Crippen molar-refractivity contribution in [1.82, 2.24) is 5.16 Å². The van der Waals surface area contributed by atoms with Crippen LogP contribution in [0.2, 0.25) is 0 Å². The van der Waals surface area contributed by atoms with Gasteiger partial charge in [0.2, 0.25) is 5.76 Å². The van der Waals surface area contributed by atoms with Gasteiger partial charge in [-0.05, 0) is 87.8 Å². The molecule has 1 aromatic heterocycles. The average molecular weight is 525 g/mol. The number of halogens is 2. The fraction of sp³-hybridized carbons (Fsp3) is 0.467. The van der Waals surface area contributed by atoms with E-state index in [2.05, 4.69) is 10.5 Å². The molecular formula is C30H34F2N2O4. The van der Waals surface area contributed by atoms with Crippen molar-refractivity contribution >= 4 is 11.8 Å². The van der Waals surface area contributed by atoms with Crippen molar-refractivity contribution in [2.75, 3.05) is 11.9 Å². The third kappa shape index (κ3) is 5.54. The number of ether oxygens (including phenoxy) is 2. The normalized spacial score (nSPS) is 22.9. The number of nitrogens with zero attached hydrogens (tertiary/aromatic N) is 1. The summed E-state index contributed by atoms with van der Waals surface area (Å²) in [6, 6.07) is 16.9. The summed E-state index contributed by atoms with van der Waals surface area (Å²) in [5, 5.41) is 6.86. The topological polar surface area (TPSA) is 73.6 Å². The number of fused-ring (bicyclic) bond motifs is 3. The number of hydrogen-bond acceptors (Lipinski definition) is 5. The molecule has 1 amide bonds. The summed E-state index contributed by atoms with van der Waals surface area (Å²) >= 11 is 0. The average Bonchev–Trinajstić information content (AvgIpc) is 3.41. The van der Waals surface area contributed by atoms with Crippen LogP contribution < -0.4 is 10.1 Å². The number of benzene rings is 2. The summed E-state index contributed by atoms with van der Waals surface area (Å²) in [6.45, 7) is 5.14. The quantitative estimate of drug-likeness (QED) is 0.322. The molecule has 202 valence electrons. The van der Waals surface area contributed by atoms with Crippen LogP contribution in [-0.2, 0) is 16.1 Å². The minimum atomic E-state index is -3.04. The van der Waals surface area contributed by atoms with Gasteiger partial charge in [-0.1, -0.05) is 29.4 Å². The molecule has 6 rings (SSSR count). The molecule has 2 aromatic carbocycles. The van der Waals surface area contributed by atoms with E-state index in [1.807, 2.05) is 62.4 Å². The van der Waals surface area contributed by atoms with Gasteiger partial charge < -0.3 is 14.0 Å². The summed E-state index contributed by atoms with van der Waals surface area (Å²) in [5.41, 5.74) is 2.98. The molecule has 0 radical (unpaired) electrons. The summed E-state index contributed by atoms with van der Waals surface area (Å²) in [6.07, 6.45) is 4.67. The molecule has 0 unspecified atom stereocenters. The molecule has 3 fully saturated rings. The van der Waals surface area contributed by atoms with E-state index in [4.69, 9.17) is 14.0 Å². The molecule has 2 bridgehead atoms. The number of carbonyl (C=O) groups is 1. The van der Waals surface area contributed by atoms with Gasteiger partial charge in [-0.15, -0.1) is 0 Å². The first-order chi connectivity index (χ1) is 18.1.